The van der Waals surface area contributed by atoms with E-state index in [0.29, 0.717) is 22.0 Å². The average molecular weight is 361 g/mol. The maximum absolute atomic E-state index is 13.7. The summed E-state index contributed by atoms with van der Waals surface area (Å²) in [6.45, 7) is 0. The molecule has 0 fully saturated rings. The van der Waals surface area contributed by atoms with Crippen LogP contribution in [-0.2, 0) is 0 Å². The van der Waals surface area contributed by atoms with Crippen molar-refractivity contribution < 1.29 is 8.78 Å². The fraction of sp³-hybridized carbons (Fsp3) is 0. The van der Waals surface area contributed by atoms with E-state index < -0.39 is 17.2 Å². The number of nitrogens with zero attached hydrogens (tertiary/aromatic N) is 3. The molecule has 6 heteroatoms. The van der Waals surface area contributed by atoms with Crippen LogP contribution in [0.25, 0.3) is 22.3 Å². The lowest BCUT2D eigenvalue weighted by atomic mass is 10.2. The first kappa shape index (κ1) is 16.8. The fourth-order valence-corrected chi connectivity index (χ4v) is 2.76. The Balaban J connectivity index is 1.95. The third-order valence-electron chi connectivity index (χ3n) is 4.01. The first-order valence-corrected chi connectivity index (χ1v) is 8.19. The fourth-order valence-electron chi connectivity index (χ4n) is 2.76. The number of hydrogen-bond acceptors (Lipinski definition) is 3. The molecule has 0 N–H and O–H groups in total. The van der Waals surface area contributed by atoms with Gasteiger partial charge in [0.05, 0.1) is 17.1 Å². The highest BCUT2D eigenvalue weighted by Gasteiger charge is 2.12. The second-order valence-electron chi connectivity index (χ2n) is 5.88. The summed E-state index contributed by atoms with van der Waals surface area (Å²) in [7, 11) is 0. The molecule has 0 radical (unpaired) electrons. The van der Waals surface area contributed by atoms with E-state index in [-0.39, 0.29) is 5.82 Å². The zero-order chi connectivity index (χ0) is 18.8. The number of aromatic nitrogens is 2. The smallest absolute Gasteiger partial charge is 0.267 e. The molecule has 0 aliphatic rings. The molecule has 132 valence electrons. The van der Waals surface area contributed by atoms with Crippen molar-refractivity contribution in [2.45, 2.75) is 0 Å². The van der Waals surface area contributed by atoms with Gasteiger partial charge in [-0.1, -0.05) is 36.4 Å². The second kappa shape index (κ2) is 6.92. The average Bonchev–Trinajstić information content (AvgIpc) is 2.67. The minimum absolute atomic E-state index is 0.200. The van der Waals surface area contributed by atoms with E-state index in [0.717, 1.165) is 4.68 Å². The highest BCUT2D eigenvalue weighted by molar-refractivity contribution is 5.82. The van der Waals surface area contributed by atoms with Gasteiger partial charge in [0.25, 0.3) is 5.56 Å². The summed E-state index contributed by atoms with van der Waals surface area (Å²) in [4.78, 5) is 17.4. The molecular formula is C21H13F2N3O. The van der Waals surface area contributed by atoms with Crippen LogP contribution in [0.1, 0.15) is 5.56 Å². The van der Waals surface area contributed by atoms with Crippen LogP contribution in [0.5, 0.6) is 0 Å². The molecule has 0 unspecified atom stereocenters. The van der Waals surface area contributed by atoms with Crippen LogP contribution in [0, 0.1) is 11.6 Å². The lowest BCUT2D eigenvalue weighted by Gasteiger charge is -2.09. The van der Waals surface area contributed by atoms with Gasteiger partial charge >= 0.3 is 0 Å². The molecule has 0 spiro atoms. The molecule has 4 rings (SSSR count). The lowest BCUT2D eigenvalue weighted by Crippen LogP contribution is -2.20. The highest BCUT2D eigenvalue weighted by atomic mass is 19.1. The van der Waals surface area contributed by atoms with Crippen LogP contribution in [0.3, 0.4) is 0 Å². The number of para-hydroxylation sites is 1. The number of hydrogen-bond donors (Lipinski definition) is 0. The van der Waals surface area contributed by atoms with Gasteiger partial charge in [-0.3, -0.25) is 4.79 Å². The highest BCUT2D eigenvalue weighted by Crippen LogP contribution is 2.19. The Morgan fingerprint density at radius 2 is 1.63 bits per heavy atom. The van der Waals surface area contributed by atoms with Crippen LogP contribution < -0.4 is 5.56 Å². The maximum atomic E-state index is 13.7. The summed E-state index contributed by atoms with van der Waals surface area (Å²) in [6, 6.07) is 18.4. The van der Waals surface area contributed by atoms with Crippen molar-refractivity contribution in [2.24, 2.45) is 5.10 Å². The van der Waals surface area contributed by atoms with Crippen LogP contribution in [-0.4, -0.2) is 15.9 Å². The van der Waals surface area contributed by atoms with E-state index in [9.17, 15) is 13.6 Å². The van der Waals surface area contributed by atoms with Crippen LogP contribution >= 0.6 is 0 Å². The maximum Gasteiger partial charge on any atom is 0.282 e. The molecule has 0 amide bonds. The normalized spacial score (nSPS) is 11.3. The van der Waals surface area contributed by atoms with Crippen molar-refractivity contribution in [3.63, 3.8) is 0 Å². The first-order valence-electron chi connectivity index (χ1n) is 8.19. The minimum atomic E-state index is -0.449. The van der Waals surface area contributed by atoms with Gasteiger partial charge in [0, 0.05) is 5.56 Å². The van der Waals surface area contributed by atoms with Gasteiger partial charge in [0.2, 0.25) is 0 Å². The summed E-state index contributed by atoms with van der Waals surface area (Å²) in [5.74, 6) is -0.658. The molecule has 4 nitrogen and oxygen atoms in total. The molecule has 0 aliphatic heterocycles. The largest absolute Gasteiger partial charge is 0.282 e. The van der Waals surface area contributed by atoms with Crippen molar-refractivity contribution in [2.75, 3.05) is 0 Å². The standard InChI is InChI=1S/C21H13F2N3O/c22-16-7-3-5-14(11-16)13-24-26-20(15-6-4-8-17(23)12-15)25-19-10-2-1-9-18(19)21(26)27/h1-13H. The molecule has 4 aromatic rings. The number of rotatable bonds is 3. The Morgan fingerprint density at radius 3 is 2.41 bits per heavy atom. The summed E-state index contributed by atoms with van der Waals surface area (Å²) in [6.07, 6.45) is 1.36. The van der Waals surface area contributed by atoms with E-state index in [1.165, 1.54) is 36.5 Å². The molecule has 1 heterocycles. The molecule has 1 aromatic heterocycles. The predicted octanol–water partition coefficient (Wildman–Crippen LogP) is 4.22. The van der Waals surface area contributed by atoms with Crippen molar-refractivity contribution in [3.8, 4) is 11.4 Å². The van der Waals surface area contributed by atoms with Gasteiger partial charge in [-0.25, -0.2) is 13.8 Å². The van der Waals surface area contributed by atoms with E-state index in [2.05, 4.69) is 10.1 Å². The Kier molecular flexibility index (Phi) is 4.30. The summed E-state index contributed by atoms with van der Waals surface area (Å²) >= 11 is 0. The molecule has 0 bridgehead atoms. The lowest BCUT2D eigenvalue weighted by molar-refractivity contribution is 0.627. The number of benzene rings is 3. The second-order valence-corrected chi connectivity index (χ2v) is 5.88. The summed E-state index contributed by atoms with van der Waals surface area (Å²) in [5, 5.41) is 4.58. The molecule has 0 saturated carbocycles. The van der Waals surface area contributed by atoms with Crippen molar-refractivity contribution >= 4 is 17.1 Å². The minimum Gasteiger partial charge on any atom is -0.267 e. The van der Waals surface area contributed by atoms with Crippen molar-refractivity contribution in [1.82, 2.24) is 9.66 Å². The quantitative estimate of drug-likeness (QED) is 0.513. The summed E-state index contributed by atoms with van der Waals surface area (Å²) in [5.41, 5.74) is 0.987. The van der Waals surface area contributed by atoms with Crippen LogP contribution in [0.2, 0.25) is 0 Å². The van der Waals surface area contributed by atoms with E-state index in [1.807, 2.05) is 0 Å². The SMILES string of the molecule is O=c1c2ccccc2nc(-c2cccc(F)c2)n1N=Cc1cccc(F)c1. The van der Waals surface area contributed by atoms with Crippen LogP contribution in [0.4, 0.5) is 8.78 Å². The zero-order valence-corrected chi connectivity index (χ0v) is 14.0. The number of fused-ring (bicyclic) bond motifs is 1. The third kappa shape index (κ3) is 3.37. The monoisotopic (exact) mass is 361 g/mol. The summed E-state index contributed by atoms with van der Waals surface area (Å²) < 4.78 is 28.2. The van der Waals surface area contributed by atoms with Crippen molar-refractivity contribution in [1.29, 1.82) is 0 Å². The first-order chi connectivity index (χ1) is 13.1. The van der Waals surface area contributed by atoms with Gasteiger partial charge in [-0.05, 0) is 42.0 Å². The van der Waals surface area contributed by atoms with E-state index >= 15 is 0 Å². The Hall–Kier alpha value is -3.67. The third-order valence-corrected chi connectivity index (χ3v) is 4.01. The van der Waals surface area contributed by atoms with Gasteiger partial charge in [-0.15, -0.1) is 0 Å². The molecular weight excluding hydrogens is 348 g/mol. The van der Waals surface area contributed by atoms with Gasteiger partial charge in [-0.2, -0.15) is 9.78 Å². The van der Waals surface area contributed by atoms with E-state index in [4.69, 9.17) is 0 Å². The Bertz CT molecular complexity index is 1230. The van der Waals surface area contributed by atoms with Crippen LogP contribution in [0.15, 0.2) is 82.7 Å². The molecule has 0 atom stereocenters. The van der Waals surface area contributed by atoms with E-state index in [1.54, 1.807) is 42.5 Å². The molecule has 27 heavy (non-hydrogen) atoms. The number of halogens is 2. The molecule has 0 saturated heterocycles. The molecule has 0 aliphatic carbocycles. The van der Waals surface area contributed by atoms with Gasteiger partial charge < -0.3 is 0 Å². The van der Waals surface area contributed by atoms with Gasteiger partial charge in [0.15, 0.2) is 5.82 Å². The topological polar surface area (TPSA) is 47.2 Å². The van der Waals surface area contributed by atoms with Gasteiger partial charge in [0.1, 0.15) is 11.6 Å². The predicted molar refractivity (Wildman–Crippen MR) is 101 cm³/mol. The zero-order valence-electron chi connectivity index (χ0n) is 14.0. The van der Waals surface area contributed by atoms with Crippen molar-refractivity contribution in [3.05, 3.63) is 100 Å². The molecule has 3 aromatic carbocycles. The Labute approximate surface area is 153 Å². The Morgan fingerprint density at radius 1 is 0.889 bits per heavy atom.